The Labute approximate surface area is 123 Å². The minimum Gasteiger partial charge on any atom is -0.378 e. The quantitative estimate of drug-likeness (QED) is 0.803. The molecule has 20 heavy (non-hydrogen) atoms. The normalized spacial score (nSPS) is 20.0. The second kappa shape index (κ2) is 5.60. The first-order chi connectivity index (χ1) is 9.29. The Morgan fingerprint density at radius 3 is 2.75 bits per heavy atom. The van der Waals surface area contributed by atoms with E-state index in [4.69, 9.17) is 16.3 Å². The molecule has 0 saturated carbocycles. The molecule has 112 valence electrons. The summed E-state index contributed by atoms with van der Waals surface area (Å²) in [5, 5.41) is 0. The Balaban J connectivity index is 2.49. The number of morpholine rings is 1. The number of sulfonamides is 1. The van der Waals surface area contributed by atoms with Gasteiger partial charge in [-0.05, 0) is 31.5 Å². The molecule has 0 radical (unpaired) electrons. The summed E-state index contributed by atoms with van der Waals surface area (Å²) in [4.78, 5) is -0.328. The summed E-state index contributed by atoms with van der Waals surface area (Å²) in [6, 6.07) is 3.91. The van der Waals surface area contributed by atoms with Crippen LogP contribution in [-0.4, -0.2) is 38.0 Å². The predicted octanol–water partition coefficient (Wildman–Crippen LogP) is 2.36. The van der Waals surface area contributed by atoms with Gasteiger partial charge >= 0.3 is 0 Å². The molecule has 1 fully saturated rings. The molecule has 7 heteroatoms. The number of alkyl halides is 1. The van der Waals surface area contributed by atoms with Gasteiger partial charge in [0.1, 0.15) is 10.7 Å². The summed E-state index contributed by atoms with van der Waals surface area (Å²) < 4.78 is 45.9. The number of benzene rings is 1. The van der Waals surface area contributed by atoms with Crippen LogP contribution in [0.1, 0.15) is 19.4 Å². The van der Waals surface area contributed by atoms with Gasteiger partial charge in [-0.3, -0.25) is 0 Å². The van der Waals surface area contributed by atoms with Crippen LogP contribution < -0.4 is 0 Å². The molecule has 1 aliphatic heterocycles. The number of hydrogen-bond donors (Lipinski definition) is 0. The van der Waals surface area contributed by atoms with E-state index in [1.54, 1.807) is 13.8 Å². The van der Waals surface area contributed by atoms with Gasteiger partial charge in [0.25, 0.3) is 0 Å². The third kappa shape index (κ3) is 2.83. The second-order valence-corrected chi connectivity index (χ2v) is 7.44. The maximum Gasteiger partial charge on any atom is 0.246 e. The number of rotatable bonds is 3. The van der Waals surface area contributed by atoms with Crippen LogP contribution in [0.4, 0.5) is 4.39 Å². The minimum absolute atomic E-state index is 0.134. The molecule has 2 rings (SSSR count). The van der Waals surface area contributed by atoms with Crippen LogP contribution in [0, 0.1) is 5.82 Å². The Morgan fingerprint density at radius 2 is 2.15 bits per heavy atom. The molecule has 1 saturated heterocycles. The third-order valence-corrected chi connectivity index (χ3v) is 5.72. The van der Waals surface area contributed by atoms with Gasteiger partial charge in [0, 0.05) is 12.4 Å². The van der Waals surface area contributed by atoms with Crippen molar-refractivity contribution in [2.45, 2.75) is 30.2 Å². The molecule has 0 atom stereocenters. The van der Waals surface area contributed by atoms with Crippen molar-refractivity contribution in [3.05, 3.63) is 29.6 Å². The van der Waals surface area contributed by atoms with Crippen LogP contribution in [0.3, 0.4) is 0 Å². The molecule has 0 unspecified atom stereocenters. The first-order valence-electron chi connectivity index (χ1n) is 6.24. The smallest absolute Gasteiger partial charge is 0.246 e. The molecule has 0 aliphatic carbocycles. The van der Waals surface area contributed by atoms with Crippen molar-refractivity contribution in [2.75, 3.05) is 19.8 Å². The molecule has 0 spiro atoms. The van der Waals surface area contributed by atoms with Crippen molar-refractivity contribution in [3.63, 3.8) is 0 Å². The fourth-order valence-corrected chi connectivity index (χ4v) is 4.27. The van der Waals surface area contributed by atoms with Crippen molar-refractivity contribution in [2.24, 2.45) is 0 Å². The molecular formula is C13H17ClFNO3S. The highest BCUT2D eigenvalue weighted by Crippen LogP contribution is 2.29. The summed E-state index contributed by atoms with van der Waals surface area (Å²) in [6.07, 6.45) is 0. The van der Waals surface area contributed by atoms with Crippen LogP contribution in [0.2, 0.25) is 0 Å². The summed E-state index contributed by atoms with van der Waals surface area (Å²) in [7, 11) is -3.91. The van der Waals surface area contributed by atoms with Crippen molar-refractivity contribution in [1.29, 1.82) is 0 Å². The molecule has 0 aromatic heterocycles. The second-order valence-electron chi connectivity index (χ2n) is 5.34. The van der Waals surface area contributed by atoms with E-state index >= 15 is 0 Å². The van der Waals surface area contributed by atoms with E-state index in [1.165, 1.54) is 16.4 Å². The zero-order chi connectivity index (χ0) is 15.0. The Kier molecular flexibility index (Phi) is 4.39. The van der Waals surface area contributed by atoms with Gasteiger partial charge < -0.3 is 4.74 Å². The lowest BCUT2D eigenvalue weighted by atomic mass is 10.1. The SMILES string of the molecule is CC1(C)COCCN1S(=O)(=O)c1cc(CCl)ccc1F. The molecule has 1 aromatic carbocycles. The van der Waals surface area contributed by atoms with E-state index in [9.17, 15) is 12.8 Å². The lowest BCUT2D eigenvalue weighted by Gasteiger charge is -2.40. The molecule has 1 aliphatic rings. The maximum absolute atomic E-state index is 13.9. The largest absolute Gasteiger partial charge is 0.378 e. The topological polar surface area (TPSA) is 46.6 Å². The molecule has 4 nitrogen and oxygen atoms in total. The van der Waals surface area contributed by atoms with Crippen molar-refractivity contribution < 1.29 is 17.5 Å². The molecule has 0 bridgehead atoms. The molecule has 1 heterocycles. The predicted molar refractivity (Wildman–Crippen MR) is 74.7 cm³/mol. The van der Waals surface area contributed by atoms with E-state index in [0.717, 1.165) is 6.07 Å². The summed E-state index contributed by atoms with van der Waals surface area (Å²) in [6.45, 7) is 4.31. The Bertz CT molecular complexity index is 604. The monoisotopic (exact) mass is 321 g/mol. The van der Waals surface area contributed by atoms with Gasteiger partial charge in [-0.1, -0.05) is 6.07 Å². The highest BCUT2D eigenvalue weighted by molar-refractivity contribution is 7.89. The van der Waals surface area contributed by atoms with Crippen LogP contribution >= 0.6 is 11.6 Å². The van der Waals surface area contributed by atoms with Gasteiger partial charge in [-0.15, -0.1) is 11.6 Å². The van der Waals surface area contributed by atoms with Crippen LogP contribution in [0.5, 0.6) is 0 Å². The molecule has 0 N–H and O–H groups in total. The molecule has 1 aromatic rings. The highest BCUT2D eigenvalue weighted by atomic mass is 35.5. The van der Waals surface area contributed by atoms with Gasteiger partial charge in [0.15, 0.2) is 0 Å². The van der Waals surface area contributed by atoms with Crippen molar-refractivity contribution in [3.8, 4) is 0 Å². The number of nitrogens with zero attached hydrogens (tertiary/aromatic N) is 1. The summed E-state index contributed by atoms with van der Waals surface area (Å²) in [5.41, 5.74) is -0.141. The van der Waals surface area contributed by atoms with Crippen molar-refractivity contribution in [1.82, 2.24) is 4.31 Å². The lowest BCUT2D eigenvalue weighted by Crippen LogP contribution is -2.55. The lowest BCUT2D eigenvalue weighted by molar-refractivity contribution is -0.00779. The fourth-order valence-electron chi connectivity index (χ4n) is 2.24. The highest BCUT2D eigenvalue weighted by Gasteiger charge is 2.40. The van der Waals surface area contributed by atoms with Crippen LogP contribution in [0.15, 0.2) is 23.1 Å². The van der Waals surface area contributed by atoms with Gasteiger partial charge in [0.2, 0.25) is 10.0 Å². The van der Waals surface area contributed by atoms with E-state index in [2.05, 4.69) is 0 Å². The number of ether oxygens (including phenoxy) is 1. The van der Waals surface area contributed by atoms with Gasteiger partial charge in [-0.25, -0.2) is 12.8 Å². The standard InChI is InChI=1S/C13H17ClFNO3S/c1-13(2)9-19-6-5-16(13)20(17,18)12-7-10(8-14)3-4-11(12)15/h3-4,7H,5-6,8-9H2,1-2H3. The van der Waals surface area contributed by atoms with Crippen LogP contribution in [0.25, 0.3) is 0 Å². The van der Waals surface area contributed by atoms with E-state index in [-0.39, 0.29) is 23.9 Å². The number of hydrogen-bond acceptors (Lipinski definition) is 3. The first kappa shape index (κ1) is 15.7. The minimum atomic E-state index is -3.91. The third-order valence-electron chi connectivity index (χ3n) is 3.29. The average Bonchev–Trinajstić information content (AvgIpc) is 2.38. The zero-order valence-corrected chi connectivity index (χ0v) is 13.0. The maximum atomic E-state index is 13.9. The van der Waals surface area contributed by atoms with E-state index < -0.39 is 21.4 Å². The van der Waals surface area contributed by atoms with E-state index in [0.29, 0.717) is 12.2 Å². The van der Waals surface area contributed by atoms with Gasteiger partial charge in [0.05, 0.1) is 18.8 Å². The fraction of sp³-hybridized carbons (Fsp3) is 0.538. The van der Waals surface area contributed by atoms with E-state index in [1.807, 2.05) is 0 Å². The Morgan fingerprint density at radius 1 is 1.45 bits per heavy atom. The number of halogens is 2. The van der Waals surface area contributed by atoms with Crippen molar-refractivity contribution >= 4 is 21.6 Å². The average molecular weight is 322 g/mol. The van der Waals surface area contributed by atoms with Crippen LogP contribution in [-0.2, 0) is 20.6 Å². The molecular weight excluding hydrogens is 305 g/mol. The Hall–Kier alpha value is -0.690. The van der Waals surface area contributed by atoms with Gasteiger partial charge in [-0.2, -0.15) is 4.31 Å². The first-order valence-corrected chi connectivity index (χ1v) is 8.21. The summed E-state index contributed by atoms with van der Waals surface area (Å²) >= 11 is 5.69. The summed E-state index contributed by atoms with van der Waals surface area (Å²) in [5.74, 6) is -0.629. The zero-order valence-electron chi connectivity index (χ0n) is 11.4. The molecule has 0 amide bonds.